The molecule has 0 saturated carbocycles. The zero-order valence-electron chi connectivity index (χ0n) is 15.0. The number of aromatic nitrogens is 1. The molecule has 0 bridgehead atoms. The maximum absolute atomic E-state index is 12.1. The van der Waals surface area contributed by atoms with Gasteiger partial charge in [0.05, 0.1) is 12.2 Å². The van der Waals surface area contributed by atoms with E-state index in [0.717, 1.165) is 24.8 Å². The summed E-state index contributed by atoms with van der Waals surface area (Å²) in [6.07, 6.45) is 5.95. The van der Waals surface area contributed by atoms with Gasteiger partial charge in [-0.05, 0) is 39.7 Å². The van der Waals surface area contributed by atoms with Crippen molar-refractivity contribution in [2.24, 2.45) is 0 Å². The lowest BCUT2D eigenvalue weighted by Crippen LogP contribution is -2.55. The molecule has 5 heteroatoms. The number of rotatable bonds is 4. The molecule has 0 aliphatic carbocycles. The molecule has 0 radical (unpaired) electrons. The van der Waals surface area contributed by atoms with Gasteiger partial charge in [0.15, 0.2) is 0 Å². The third-order valence-electron chi connectivity index (χ3n) is 3.54. The highest BCUT2D eigenvalue weighted by Crippen LogP contribution is 2.22. The number of carbonyl (C=O) groups excluding carboxylic acids is 1. The molecule has 1 unspecified atom stereocenters. The average Bonchev–Trinajstić information content (AvgIpc) is 2.45. The third kappa shape index (κ3) is 5.45. The highest BCUT2D eigenvalue weighted by molar-refractivity contribution is 5.69. The molecule has 1 aliphatic rings. The fraction of sp³-hybridized carbons (Fsp3) is 0.579. The molecule has 1 aromatic heterocycles. The Labute approximate surface area is 144 Å². The van der Waals surface area contributed by atoms with E-state index in [9.17, 15) is 4.79 Å². The minimum Gasteiger partial charge on any atom is -0.490 e. The summed E-state index contributed by atoms with van der Waals surface area (Å²) < 4.78 is 11.2. The molecule has 5 nitrogen and oxygen atoms in total. The first-order valence-electron chi connectivity index (χ1n) is 8.45. The predicted molar refractivity (Wildman–Crippen MR) is 92.9 cm³/mol. The van der Waals surface area contributed by atoms with Gasteiger partial charge in [0.1, 0.15) is 18.0 Å². The second kappa shape index (κ2) is 8.05. The number of ether oxygens (including phenoxy) is 2. The van der Waals surface area contributed by atoms with E-state index >= 15 is 0 Å². The molecule has 2 rings (SSSR count). The first-order chi connectivity index (χ1) is 11.4. The number of likely N-dealkylation sites (tertiary alicyclic amines) is 1. The molecule has 130 valence electrons. The smallest absolute Gasteiger partial charge is 0.410 e. The molecule has 1 amide bonds. The van der Waals surface area contributed by atoms with E-state index in [1.54, 1.807) is 17.3 Å². The van der Waals surface area contributed by atoms with Gasteiger partial charge >= 0.3 is 6.09 Å². The summed E-state index contributed by atoms with van der Waals surface area (Å²) in [7, 11) is 0. The van der Waals surface area contributed by atoms with Gasteiger partial charge in [0, 0.05) is 24.7 Å². The van der Waals surface area contributed by atoms with Gasteiger partial charge < -0.3 is 14.4 Å². The summed E-state index contributed by atoms with van der Waals surface area (Å²) in [4.78, 5) is 17.9. The van der Waals surface area contributed by atoms with Crippen molar-refractivity contribution in [2.75, 3.05) is 13.2 Å². The van der Waals surface area contributed by atoms with Crippen molar-refractivity contribution in [3.63, 3.8) is 0 Å². The van der Waals surface area contributed by atoms with Crippen molar-refractivity contribution in [1.82, 2.24) is 9.88 Å². The molecular formula is C19H26N2O3. The van der Waals surface area contributed by atoms with Crippen LogP contribution in [-0.2, 0) is 4.74 Å². The number of carbonyl (C=O) groups is 1. The fourth-order valence-corrected chi connectivity index (χ4v) is 2.22. The molecule has 1 saturated heterocycles. The number of nitrogens with zero attached hydrogens (tertiary/aromatic N) is 2. The maximum Gasteiger partial charge on any atom is 0.410 e. The Bertz CT molecular complexity index is 625. The Balaban J connectivity index is 1.86. The molecule has 0 spiro atoms. The van der Waals surface area contributed by atoms with Gasteiger partial charge in [-0.25, -0.2) is 4.79 Å². The summed E-state index contributed by atoms with van der Waals surface area (Å²) in [5.74, 6) is 6.85. The number of pyridine rings is 1. The van der Waals surface area contributed by atoms with E-state index in [1.165, 1.54) is 0 Å². The number of hydrogen-bond donors (Lipinski definition) is 0. The monoisotopic (exact) mass is 330 g/mol. The number of amides is 1. The second-order valence-electron chi connectivity index (χ2n) is 6.89. The van der Waals surface area contributed by atoms with Crippen molar-refractivity contribution in [2.45, 2.75) is 58.6 Å². The lowest BCUT2D eigenvalue weighted by atomic mass is 10.1. The van der Waals surface area contributed by atoms with Crippen molar-refractivity contribution in [1.29, 1.82) is 0 Å². The Morgan fingerprint density at radius 1 is 1.42 bits per heavy atom. The van der Waals surface area contributed by atoms with Crippen LogP contribution in [0.15, 0.2) is 18.5 Å². The SMILES string of the molecule is CCCC#Cc1cncc(OCC2CCN2C(=O)OC(C)(C)C)c1. The molecule has 0 N–H and O–H groups in total. The molecule has 24 heavy (non-hydrogen) atoms. The molecular weight excluding hydrogens is 304 g/mol. The quantitative estimate of drug-likeness (QED) is 0.791. The lowest BCUT2D eigenvalue weighted by Gasteiger charge is -2.40. The van der Waals surface area contributed by atoms with Crippen LogP contribution in [0, 0.1) is 11.8 Å². The molecule has 1 aliphatic heterocycles. The normalized spacial score (nSPS) is 16.7. The Kier molecular flexibility index (Phi) is 6.08. The zero-order chi connectivity index (χ0) is 17.6. The Hall–Kier alpha value is -2.22. The van der Waals surface area contributed by atoms with Gasteiger partial charge in [-0.3, -0.25) is 4.98 Å². The summed E-state index contributed by atoms with van der Waals surface area (Å²) in [6.45, 7) is 8.85. The van der Waals surface area contributed by atoms with Crippen LogP contribution < -0.4 is 4.74 Å². The van der Waals surface area contributed by atoms with Gasteiger partial charge in [0.25, 0.3) is 0 Å². The molecule has 1 aromatic rings. The van der Waals surface area contributed by atoms with Crippen LogP contribution in [0.5, 0.6) is 5.75 Å². The van der Waals surface area contributed by atoms with Gasteiger partial charge in [0.2, 0.25) is 0 Å². The van der Waals surface area contributed by atoms with E-state index < -0.39 is 5.60 Å². The maximum atomic E-state index is 12.1. The largest absolute Gasteiger partial charge is 0.490 e. The molecule has 1 atom stereocenters. The summed E-state index contributed by atoms with van der Waals surface area (Å²) in [5, 5.41) is 0. The second-order valence-corrected chi connectivity index (χ2v) is 6.89. The van der Waals surface area contributed by atoms with Crippen LogP contribution >= 0.6 is 0 Å². The zero-order valence-corrected chi connectivity index (χ0v) is 15.0. The molecule has 1 fully saturated rings. The first-order valence-corrected chi connectivity index (χ1v) is 8.45. The van der Waals surface area contributed by atoms with Gasteiger partial charge in [-0.15, -0.1) is 0 Å². The van der Waals surface area contributed by atoms with Gasteiger partial charge in [-0.2, -0.15) is 0 Å². The third-order valence-corrected chi connectivity index (χ3v) is 3.54. The van der Waals surface area contributed by atoms with Crippen molar-refractivity contribution < 1.29 is 14.3 Å². The van der Waals surface area contributed by atoms with E-state index in [1.807, 2.05) is 26.8 Å². The summed E-state index contributed by atoms with van der Waals surface area (Å²) in [5.41, 5.74) is 0.367. The summed E-state index contributed by atoms with van der Waals surface area (Å²) in [6, 6.07) is 1.93. The molecule has 2 heterocycles. The average molecular weight is 330 g/mol. The van der Waals surface area contributed by atoms with E-state index in [4.69, 9.17) is 9.47 Å². The lowest BCUT2D eigenvalue weighted by molar-refractivity contribution is -0.0141. The van der Waals surface area contributed by atoms with Crippen LogP contribution in [0.2, 0.25) is 0 Å². The van der Waals surface area contributed by atoms with E-state index in [-0.39, 0.29) is 12.1 Å². The van der Waals surface area contributed by atoms with Crippen LogP contribution in [0.25, 0.3) is 0 Å². The topological polar surface area (TPSA) is 51.7 Å². The summed E-state index contributed by atoms with van der Waals surface area (Å²) >= 11 is 0. The van der Waals surface area contributed by atoms with Crippen molar-refractivity contribution in [3.8, 4) is 17.6 Å². The van der Waals surface area contributed by atoms with Crippen molar-refractivity contribution in [3.05, 3.63) is 24.0 Å². The molecule has 0 aromatic carbocycles. The fourth-order valence-electron chi connectivity index (χ4n) is 2.22. The highest BCUT2D eigenvalue weighted by Gasteiger charge is 2.35. The van der Waals surface area contributed by atoms with Gasteiger partial charge in [-0.1, -0.05) is 18.8 Å². The van der Waals surface area contributed by atoms with Crippen LogP contribution in [-0.4, -0.2) is 40.8 Å². The number of unbranched alkanes of at least 4 members (excludes halogenated alkanes) is 1. The van der Waals surface area contributed by atoms with E-state index in [0.29, 0.717) is 18.9 Å². The Morgan fingerprint density at radius 2 is 2.21 bits per heavy atom. The highest BCUT2D eigenvalue weighted by atomic mass is 16.6. The van der Waals surface area contributed by atoms with Crippen LogP contribution in [0.4, 0.5) is 4.79 Å². The standard InChI is InChI=1S/C19H26N2O3/c1-5-6-7-8-15-11-17(13-20-12-15)23-14-16-9-10-21(16)18(22)24-19(2,3)4/h11-13,16H,5-6,9-10,14H2,1-4H3. The first kappa shape index (κ1) is 18.1. The predicted octanol–water partition coefficient (Wildman–Crippen LogP) is 3.62. The number of hydrogen-bond acceptors (Lipinski definition) is 4. The minimum atomic E-state index is -0.479. The van der Waals surface area contributed by atoms with Crippen LogP contribution in [0.3, 0.4) is 0 Å². The van der Waals surface area contributed by atoms with Crippen LogP contribution in [0.1, 0.15) is 52.5 Å². The minimum absolute atomic E-state index is 0.0506. The van der Waals surface area contributed by atoms with E-state index in [2.05, 4.69) is 23.7 Å². The Morgan fingerprint density at radius 3 is 2.83 bits per heavy atom. The van der Waals surface area contributed by atoms with Crippen molar-refractivity contribution >= 4 is 6.09 Å².